The molecular weight excluding hydrogens is 272 g/mol. The highest BCUT2D eigenvalue weighted by atomic mass is 16.5. The Hall–Kier alpha value is -1.95. The van der Waals surface area contributed by atoms with Crippen LogP contribution in [0.15, 0.2) is 12.1 Å². The van der Waals surface area contributed by atoms with Crippen LogP contribution in [-0.2, 0) is 0 Å². The highest BCUT2D eigenvalue weighted by Crippen LogP contribution is 2.34. The molecule has 0 aliphatic carbocycles. The van der Waals surface area contributed by atoms with Crippen LogP contribution < -0.4 is 24.8 Å². The van der Waals surface area contributed by atoms with Gasteiger partial charge in [0.25, 0.3) is 5.91 Å². The predicted molar refractivity (Wildman–Crippen MR) is 79.5 cm³/mol. The number of benzene rings is 1. The Morgan fingerprint density at radius 1 is 1.14 bits per heavy atom. The highest BCUT2D eigenvalue weighted by Gasteiger charge is 2.31. The number of carbonyl (C=O) groups excluding carboxylic acids is 1. The zero-order valence-electron chi connectivity index (χ0n) is 12.9. The van der Waals surface area contributed by atoms with Crippen molar-refractivity contribution in [3.63, 3.8) is 0 Å². The van der Waals surface area contributed by atoms with Gasteiger partial charge in [0, 0.05) is 18.7 Å². The van der Waals surface area contributed by atoms with E-state index in [4.69, 9.17) is 14.2 Å². The molecule has 1 aromatic rings. The van der Waals surface area contributed by atoms with Crippen molar-refractivity contribution < 1.29 is 19.0 Å². The molecule has 1 amide bonds. The molecule has 6 nitrogen and oxygen atoms in total. The average Bonchev–Trinajstić information content (AvgIpc) is 2.91. The van der Waals surface area contributed by atoms with Gasteiger partial charge >= 0.3 is 0 Å². The van der Waals surface area contributed by atoms with Crippen molar-refractivity contribution in [2.75, 3.05) is 34.4 Å². The van der Waals surface area contributed by atoms with E-state index in [0.29, 0.717) is 22.8 Å². The van der Waals surface area contributed by atoms with Crippen molar-refractivity contribution >= 4 is 5.91 Å². The van der Waals surface area contributed by atoms with Crippen LogP contribution >= 0.6 is 0 Å². The van der Waals surface area contributed by atoms with Gasteiger partial charge in [-0.25, -0.2) is 0 Å². The number of hydrogen-bond donors (Lipinski definition) is 2. The van der Waals surface area contributed by atoms with Gasteiger partial charge in [0.15, 0.2) is 11.5 Å². The highest BCUT2D eigenvalue weighted by molar-refractivity contribution is 5.98. The van der Waals surface area contributed by atoms with Crippen molar-refractivity contribution in [2.24, 2.45) is 0 Å². The van der Waals surface area contributed by atoms with Gasteiger partial charge in [-0.3, -0.25) is 4.79 Å². The average molecular weight is 294 g/mol. The summed E-state index contributed by atoms with van der Waals surface area (Å²) in [5.41, 5.74) is 0.193. The SMILES string of the molecule is COc1cc(OC)c(C(=O)NC2(C)CCNC2)cc1OC. The maximum atomic E-state index is 12.5. The third-order valence-electron chi connectivity index (χ3n) is 3.73. The summed E-state index contributed by atoms with van der Waals surface area (Å²) in [5.74, 6) is 1.30. The number of rotatable bonds is 5. The van der Waals surface area contributed by atoms with Crippen LogP contribution in [0.1, 0.15) is 23.7 Å². The van der Waals surface area contributed by atoms with Crippen molar-refractivity contribution in [1.82, 2.24) is 10.6 Å². The zero-order valence-corrected chi connectivity index (χ0v) is 12.9. The van der Waals surface area contributed by atoms with E-state index >= 15 is 0 Å². The van der Waals surface area contributed by atoms with Crippen LogP contribution in [0.3, 0.4) is 0 Å². The Balaban J connectivity index is 2.30. The van der Waals surface area contributed by atoms with Crippen molar-refractivity contribution in [3.8, 4) is 17.2 Å². The first-order chi connectivity index (χ1) is 10.0. The van der Waals surface area contributed by atoms with E-state index in [1.807, 2.05) is 6.92 Å². The van der Waals surface area contributed by atoms with E-state index in [1.165, 1.54) is 14.2 Å². The maximum Gasteiger partial charge on any atom is 0.255 e. The second-order valence-electron chi connectivity index (χ2n) is 5.35. The van der Waals surface area contributed by atoms with Crippen LogP contribution in [0.2, 0.25) is 0 Å². The first-order valence-corrected chi connectivity index (χ1v) is 6.86. The lowest BCUT2D eigenvalue weighted by Crippen LogP contribution is -2.47. The number of amides is 1. The minimum atomic E-state index is -0.241. The molecule has 116 valence electrons. The van der Waals surface area contributed by atoms with Gasteiger partial charge in [-0.2, -0.15) is 0 Å². The second-order valence-corrected chi connectivity index (χ2v) is 5.35. The van der Waals surface area contributed by atoms with Crippen LogP contribution in [0, 0.1) is 0 Å². The van der Waals surface area contributed by atoms with Gasteiger partial charge < -0.3 is 24.8 Å². The maximum absolute atomic E-state index is 12.5. The molecule has 1 aliphatic rings. The zero-order chi connectivity index (χ0) is 15.5. The third kappa shape index (κ3) is 3.21. The standard InChI is InChI=1S/C15H22N2O4/c1-15(5-6-16-9-15)17-14(18)10-7-12(20-3)13(21-4)8-11(10)19-2/h7-8,16H,5-6,9H2,1-4H3,(H,17,18). The van der Waals surface area contributed by atoms with Crippen molar-refractivity contribution in [2.45, 2.75) is 18.9 Å². The van der Waals surface area contributed by atoms with Gasteiger partial charge in [-0.1, -0.05) is 0 Å². The molecule has 1 saturated heterocycles. The molecule has 0 saturated carbocycles. The molecule has 1 fully saturated rings. The lowest BCUT2D eigenvalue weighted by molar-refractivity contribution is 0.0909. The van der Waals surface area contributed by atoms with E-state index in [9.17, 15) is 4.79 Å². The molecule has 1 aliphatic heterocycles. The first kappa shape index (κ1) is 15.4. The van der Waals surface area contributed by atoms with Crippen molar-refractivity contribution in [3.05, 3.63) is 17.7 Å². The summed E-state index contributed by atoms with van der Waals surface area (Å²) in [7, 11) is 4.60. The lowest BCUT2D eigenvalue weighted by Gasteiger charge is -2.25. The van der Waals surface area contributed by atoms with Crippen LogP contribution in [0.4, 0.5) is 0 Å². The van der Waals surface area contributed by atoms with E-state index in [-0.39, 0.29) is 11.4 Å². The molecule has 6 heteroatoms. The predicted octanol–water partition coefficient (Wildman–Crippen LogP) is 1.19. The van der Waals surface area contributed by atoms with Gasteiger partial charge in [-0.15, -0.1) is 0 Å². The summed E-state index contributed by atoms with van der Waals surface area (Å²) in [5, 5.41) is 6.31. The topological polar surface area (TPSA) is 68.8 Å². The fourth-order valence-corrected chi connectivity index (χ4v) is 2.47. The third-order valence-corrected chi connectivity index (χ3v) is 3.73. The Bertz CT molecular complexity index is 525. The molecule has 1 heterocycles. The second kappa shape index (κ2) is 6.22. The lowest BCUT2D eigenvalue weighted by atomic mass is 10.0. The number of carbonyl (C=O) groups is 1. The number of ether oxygens (including phenoxy) is 3. The molecule has 1 atom stereocenters. The number of nitrogens with one attached hydrogen (secondary N) is 2. The molecule has 0 aromatic heterocycles. The fourth-order valence-electron chi connectivity index (χ4n) is 2.47. The molecule has 2 N–H and O–H groups in total. The summed E-state index contributed by atoms with van der Waals surface area (Å²) >= 11 is 0. The normalized spacial score (nSPS) is 21.0. The first-order valence-electron chi connectivity index (χ1n) is 6.86. The number of hydrogen-bond acceptors (Lipinski definition) is 5. The van der Waals surface area contributed by atoms with Gasteiger partial charge in [0.1, 0.15) is 5.75 Å². The minimum Gasteiger partial charge on any atom is -0.496 e. The van der Waals surface area contributed by atoms with Crippen LogP contribution in [0.5, 0.6) is 17.2 Å². The minimum absolute atomic E-state index is 0.181. The van der Waals surface area contributed by atoms with Gasteiger partial charge in [0.05, 0.1) is 32.4 Å². The summed E-state index contributed by atoms with van der Waals surface area (Å²) in [6.45, 7) is 3.69. The van der Waals surface area contributed by atoms with Crippen molar-refractivity contribution in [1.29, 1.82) is 0 Å². The Morgan fingerprint density at radius 2 is 1.76 bits per heavy atom. The van der Waals surface area contributed by atoms with E-state index in [0.717, 1.165) is 19.5 Å². The quantitative estimate of drug-likeness (QED) is 0.854. The summed E-state index contributed by atoms with van der Waals surface area (Å²) in [6, 6.07) is 3.29. The molecule has 1 unspecified atom stereocenters. The van der Waals surface area contributed by atoms with E-state index in [2.05, 4.69) is 10.6 Å². The smallest absolute Gasteiger partial charge is 0.255 e. The van der Waals surface area contributed by atoms with E-state index in [1.54, 1.807) is 19.2 Å². The summed E-state index contributed by atoms with van der Waals surface area (Å²) in [4.78, 5) is 12.5. The summed E-state index contributed by atoms with van der Waals surface area (Å²) < 4.78 is 15.8. The molecule has 1 aromatic carbocycles. The Labute approximate surface area is 124 Å². The van der Waals surface area contributed by atoms with Crippen LogP contribution in [-0.4, -0.2) is 45.9 Å². The largest absolute Gasteiger partial charge is 0.496 e. The molecule has 0 bridgehead atoms. The monoisotopic (exact) mass is 294 g/mol. The summed E-state index contributed by atoms with van der Waals surface area (Å²) in [6.07, 6.45) is 0.897. The van der Waals surface area contributed by atoms with Crippen LogP contribution in [0.25, 0.3) is 0 Å². The molecule has 0 spiro atoms. The van der Waals surface area contributed by atoms with Gasteiger partial charge in [0.2, 0.25) is 0 Å². The Morgan fingerprint density at radius 3 is 2.29 bits per heavy atom. The molecular formula is C15H22N2O4. The fraction of sp³-hybridized carbons (Fsp3) is 0.533. The Kier molecular flexibility index (Phi) is 4.57. The molecule has 21 heavy (non-hydrogen) atoms. The number of methoxy groups -OCH3 is 3. The van der Waals surface area contributed by atoms with E-state index < -0.39 is 0 Å². The molecule has 2 rings (SSSR count). The molecule has 0 radical (unpaired) electrons. The van der Waals surface area contributed by atoms with Gasteiger partial charge in [-0.05, 0) is 19.9 Å².